The molecule has 0 fully saturated rings. The summed E-state index contributed by atoms with van der Waals surface area (Å²) in [5, 5.41) is 1.48. The fraction of sp³-hybridized carbons (Fsp3) is 0.0714. The Hall–Kier alpha value is -1.28. The molecule has 0 saturated carbocycles. The molecule has 3 rings (SSSR count). The van der Waals surface area contributed by atoms with Crippen molar-refractivity contribution in [3.05, 3.63) is 63.4 Å². The number of rotatable bonds is 1. The Balaban J connectivity index is 2.35. The molecule has 2 nitrogen and oxygen atoms in total. The molecule has 1 aromatic heterocycles. The third-order valence-corrected chi connectivity index (χ3v) is 5.42. The first-order chi connectivity index (χ1) is 8.66. The first kappa shape index (κ1) is 11.8. The average Bonchev–Trinajstić information content (AvgIpc) is 2.71. The minimum absolute atomic E-state index is 0.00309. The molecule has 0 aliphatic rings. The van der Waals surface area contributed by atoms with E-state index in [0.717, 1.165) is 20.9 Å². The number of nitrogens with zero attached hydrogens (tertiary/aromatic N) is 1. The Morgan fingerprint density at radius 3 is 2.72 bits per heavy atom. The van der Waals surface area contributed by atoms with Crippen molar-refractivity contribution < 1.29 is 0 Å². The Bertz CT molecular complexity index is 788. The van der Waals surface area contributed by atoms with Crippen LogP contribution in [0.15, 0.2) is 47.3 Å². The molecular formula is C14H10ClNOSe. The summed E-state index contributed by atoms with van der Waals surface area (Å²) in [6, 6.07) is 13.4. The fourth-order valence-electron chi connectivity index (χ4n) is 1.93. The van der Waals surface area contributed by atoms with Gasteiger partial charge in [0.05, 0.1) is 0 Å². The average molecular weight is 323 g/mol. The zero-order valence-electron chi connectivity index (χ0n) is 9.68. The molecule has 0 spiro atoms. The van der Waals surface area contributed by atoms with E-state index in [1.165, 1.54) is 0 Å². The van der Waals surface area contributed by atoms with Crippen LogP contribution in [-0.4, -0.2) is 18.3 Å². The molecule has 0 aliphatic carbocycles. The standard InChI is InChI=1S/C14H10ClNOSe/c1-9-6-7-10(15)8-12(9)16-14(17)11-4-2-3-5-13(11)18-16/h2-8H,1H3. The normalized spacial score (nSPS) is 11.0. The Morgan fingerprint density at radius 1 is 1.17 bits per heavy atom. The molecule has 90 valence electrons. The van der Waals surface area contributed by atoms with Gasteiger partial charge in [-0.15, -0.1) is 0 Å². The van der Waals surface area contributed by atoms with Crippen LogP contribution in [0.4, 0.5) is 0 Å². The van der Waals surface area contributed by atoms with Gasteiger partial charge in [0.25, 0.3) is 0 Å². The van der Waals surface area contributed by atoms with E-state index >= 15 is 0 Å². The second-order valence-electron chi connectivity index (χ2n) is 4.12. The van der Waals surface area contributed by atoms with Crippen molar-refractivity contribution in [3.63, 3.8) is 0 Å². The van der Waals surface area contributed by atoms with Crippen LogP contribution in [0.1, 0.15) is 5.56 Å². The summed E-state index contributed by atoms with van der Waals surface area (Å²) < 4.78 is 2.98. The van der Waals surface area contributed by atoms with Crippen molar-refractivity contribution >= 4 is 36.0 Å². The van der Waals surface area contributed by atoms with Crippen molar-refractivity contribution in [3.8, 4) is 5.69 Å². The van der Waals surface area contributed by atoms with E-state index in [0.29, 0.717) is 5.02 Å². The topological polar surface area (TPSA) is 22.0 Å². The first-order valence-corrected chi connectivity index (χ1v) is 7.54. The molecule has 2 aromatic carbocycles. The number of hydrogen-bond donors (Lipinski definition) is 0. The fourth-order valence-corrected chi connectivity index (χ4v) is 4.34. The van der Waals surface area contributed by atoms with Crippen LogP contribution in [0.25, 0.3) is 15.3 Å². The van der Waals surface area contributed by atoms with E-state index < -0.39 is 0 Å². The summed E-state index contributed by atoms with van der Waals surface area (Å²) in [6.07, 6.45) is 0. The van der Waals surface area contributed by atoms with E-state index in [2.05, 4.69) is 0 Å². The third kappa shape index (κ3) is 1.85. The second kappa shape index (κ2) is 4.43. The first-order valence-electron chi connectivity index (χ1n) is 5.54. The molecular weight excluding hydrogens is 313 g/mol. The van der Waals surface area contributed by atoms with Crippen LogP contribution in [0.2, 0.25) is 5.02 Å². The molecule has 0 bridgehead atoms. The number of fused-ring (bicyclic) bond motifs is 1. The van der Waals surface area contributed by atoms with Crippen molar-refractivity contribution in [1.82, 2.24) is 3.56 Å². The van der Waals surface area contributed by atoms with Gasteiger partial charge in [0.15, 0.2) is 0 Å². The van der Waals surface area contributed by atoms with Gasteiger partial charge in [-0.2, -0.15) is 0 Å². The Labute approximate surface area is 115 Å². The number of aromatic nitrogens is 1. The molecule has 4 heteroatoms. The molecule has 0 N–H and O–H groups in total. The van der Waals surface area contributed by atoms with Gasteiger partial charge in [-0.1, -0.05) is 0 Å². The van der Waals surface area contributed by atoms with E-state index in [9.17, 15) is 4.79 Å². The quantitative estimate of drug-likeness (QED) is 0.631. The van der Waals surface area contributed by atoms with Crippen molar-refractivity contribution in [2.24, 2.45) is 0 Å². The van der Waals surface area contributed by atoms with Gasteiger partial charge in [0.2, 0.25) is 0 Å². The monoisotopic (exact) mass is 323 g/mol. The minimum atomic E-state index is 0.00309. The SMILES string of the molecule is Cc1ccc(Cl)cc1-n1[se]c2ccccc2c1=O. The van der Waals surface area contributed by atoms with Gasteiger partial charge < -0.3 is 0 Å². The Kier molecular flexibility index (Phi) is 2.90. The molecule has 3 aromatic rings. The summed E-state index contributed by atoms with van der Waals surface area (Å²) in [6.45, 7) is 2.00. The third-order valence-electron chi connectivity index (χ3n) is 2.88. The van der Waals surface area contributed by atoms with Gasteiger partial charge in [-0.25, -0.2) is 0 Å². The van der Waals surface area contributed by atoms with Crippen LogP contribution in [0.5, 0.6) is 0 Å². The van der Waals surface area contributed by atoms with Gasteiger partial charge in [0.1, 0.15) is 0 Å². The van der Waals surface area contributed by atoms with Gasteiger partial charge in [-0.3, -0.25) is 0 Å². The Morgan fingerprint density at radius 2 is 1.94 bits per heavy atom. The van der Waals surface area contributed by atoms with Crippen molar-refractivity contribution in [2.75, 3.05) is 0 Å². The predicted molar refractivity (Wildman–Crippen MR) is 76.2 cm³/mol. The van der Waals surface area contributed by atoms with Crippen molar-refractivity contribution in [2.45, 2.75) is 6.92 Å². The molecule has 1 heterocycles. The molecule has 0 atom stereocenters. The maximum absolute atomic E-state index is 12.4. The van der Waals surface area contributed by atoms with Gasteiger partial charge in [-0.05, 0) is 0 Å². The molecule has 0 saturated heterocycles. The van der Waals surface area contributed by atoms with Crippen molar-refractivity contribution in [1.29, 1.82) is 0 Å². The summed E-state index contributed by atoms with van der Waals surface area (Å²) in [4.78, 5) is 12.4. The van der Waals surface area contributed by atoms with E-state index in [4.69, 9.17) is 11.6 Å². The summed E-state index contributed by atoms with van der Waals surface area (Å²) in [5.74, 6) is 0. The van der Waals surface area contributed by atoms with Gasteiger partial charge >= 0.3 is 116 Å². The molecule has 0 radical (unpaired) electrons. The zero-order valence-corrected chi connectivity index (χ0v) is 12.2. The molecule has 0 unspecified atom stereocenters. The summed E-state index contributed by atoms with van der Waals surface area (Å²) in [5.41, 5.74) is 2.07. The number of hydrogen-bond acceptors (Lipinski definition) is 1. The summed E-state index contributed by atoms with van der Waals surface area (Å²) in [7, 11) is 0. The molecule has 0 aliphatic heterocycles. The zero-order chi connectivity index (χ0) is 12.7. The maximum atomic E-state index is 12.4. The van der Waals surface area contributed by atoms with Crippen LogP contribution in [0, 0.1) is 6.92 Å². The van der Waals surface area contributed by atoms with Crippen LogP contribution < -0.4 is 5.56 Å². The van der Waals surface area contributed by atoms with Crippen LogP contribution >= 0.6 is 11.6 Å². The van der Waals surface area contributed by atoms with Gasteiger partial charge in [0, 0.05) is 0 Å². The second-order valence-corrected chi connectivity index (χ2v) is 6.63. The van der Waals surface area contributed by atoms with E-state index in [-0.39, 0.29) is 20.3 Å². The molecule has 0 amide bonds. The number of halogens is 1. The van der Waals surface area contributed by atoms with E-state index in [1.54, 1.807) is 0 Å². The summed E-state index contributed by atoms with van der Waals surface area (Å²) >= 11 is 6.03. The number of benzene rings is 2. The van der Waals surface area contributed by atoms with Crippen LogP contribution in [-0.2, 0) is 0 Å². The predicted octanol–water partition coefficient (Wildman–Crippen LogP) is 3.01. The number of aryl methyl sites for hydroxylation is 1. The van der Waals surface area contributed by atoms with E-state index in [1.807, 2.05) is 53.0 Å². The van der Waals surface area contributed by atoms with Crippen LogP contribution in [0.3, 0.4) is 0 Å². The molecule has 18 heavy (non-hydrogen) atoms.